The van der Waals surface area contributed by atoms with Gasteiger partial charge in [-0.3, -0.25) is 14.5 Å². The fourth-order valence-corrected chi connectivity index (χ4v) is 8.51. The summed E-state index contributed by atoms with van der Waals surface area (Å²) in [5.74, 6) is -2.44. The number of carboxylic acids is 1. The Hall–Kier alpha value is -2.60. The van der Waals surface area contributed by atoms with Crippen LogP contribution in [0, 0.1) is 5.92 Å². The molecule has 2 aliphatic heterocycles. The van der Waals surface area contributed by atoms with E-state index in [4.69, 9.17) is 10.2 Å². The van der Waals surface area contributed by atoms with E-state index in [1.165, 1.54) is 28.4 Å². The van der Waals surface area contributed by atoms with E-state index < -0.39 is 26.1 Å². The minimum absolute atomic E-state index is 0.00357. The zero-order valence-electron chi connectivity index (χ0n) is 22.4. The predicted molar refractivity (Wildman–Crippen MR) is 148 cm³/mol. The number of rotatable bonds is 9. The Balaban J connectivity index is 1.45. The first-order valence-corrected chi connectivity index (χ1v) is 17.0. The van der Waals surface area contributed by atoms with E-state index in [1.807, 2.05) is 35.8 Å². The molecule has 0 aliphatic carbocycles. The summed E-state index contributed by atoms with van der Waals surface area (Å²) in [5.41, 5.74) is 6.73. The number of carbonyl (C=O) groups excluding carboxylic acids is 3. The van der Waals surface area contributed by atoms with E-state index in [0.717, 1.165) is 10.5 Å². The van der Waals surface area contributed by atoms with Gasteiger partial charge in [0, 0.05) is 22.6 Å². The van der Waals surface area contributed by atoms with Crippen LogP contribution in [0.1, 0.15) is 43.6 Å². The molecule has 202 valence electrons. The van der Waals surface area contributed by atoms with Crippen molar-refractivity contribution in [2.45, 2.75) is 68.7 Å². The molecule has 1 saturated heterocycles. The van der Waals surface area contributed by atoms with Crippen molar-refractivity contribution in [2.24, 2.45) is 11.7 Å². The Morgan fingerprint density at radius 2 is 1.79 bits per heavy atom. The Kier molecular flexibility index (Phi) is 7.86. The molecule has 11 heteroatoms. The number of thioether (sulfide) groups is 2. The number of aromatic nitrogens is 1. The third-order valence-corrected chi connectivity index (χ3v) is 14.6. The van der Waals surface area contributed by atoms with Gasteiger partial charge in [0.1, 0.15) is 5.37 Å². The van der Waals surface area contributed by atoms with Gasteiger partial charge in [-0.1, -0.05) is 56.4 Å². The first-order valence-electron chi connectivity index (χ1n) is 12.4. The van der Waals surface area contributed by atoms with Gasteiger partial charge < -0.3 is 20.1 Å². The number of hydrogen-bond donors (Lipinski definition) is 1. The molecule has 2 aliphatic rings. The predicted octanol–water partition coefficient (Wildman–Crippen LogP) is 3.07. The third-order valence-electron chi connectivity index (χ3n) is 7.41. The fourth-order valence-electron chi connectivity index (χ4n) is 4.22. The largest absolute Gasteiger partial charge is 0.543 e. The van der Waals surface area contributed by atoms with Crippen LogP contribution in [-0.4, -0.2) is 42.5 Å². The number of carboxylic acid groups (broad SMARTS) is 1. The molecule has 4 rings (SSSR count). The minimum Gasteiger partial charge on any atom is -0.543 e. The molecule has 3 atom stereocenters. The molecular formula is C27H33N3O5S2Si. The monoisotopic (exact) mass is 571 g/mol. The molecular weight excluding hydrogens is 539 g/mol. The molecule has 2 N–H and O–H groups in total. The number of benzene rings is 1. The van der Waals surface area contributed by atoms with E-state index in [1.54, 1.807) is 24.5 Å². The number of pyridine rings is 1. The van der Waals surface area contributed by atoms with Gasteiger partial charge in [0.05, 0.1) is 33.5 Å². The van der Waals surface area contributed by atoms with Crippen molar-refractivity contribution < 1.29 is 28.5 Å². The van der Waals surface area contributed by atoms with Crippen molar-refractivity contribution in [1.82, 2.24) is 4.90 Å². The summed E-state index contributed by atoms with van der Waals surface area (Å²) in [6.07, 6.45) is 3.28. The van der Waals surface area contributed by atoms with Gasteiger partial charge in [-0.15, -0.1) is 0 Å². The van der Waals surface area contributed by atoms with Crippen LogP contribution in [-0.2, 0) is 20.6 Å². The number of β-lactam (4-membered cyclic amide) rings is 1. The fraction of sp³-hybridized carbons (Fsp3) is 0.407. The molecule has 0 spiro atoms. The topological polar surface area (TPSA) is 117 Å². The van der Waals surface area contributed by atoms with Gasteiger partial charge in [0.25, 0.3) is 0 Å². The normalized spacial score (nSPS) is 20.3. The zero-order chi connectivity index (χ0) is 28.0. The van der Waals surface area contributed by atoms with Crippen molar-refractivity contribution in [3.05, 3.63) is 69.9 Å². The average Bonchev–Trinajstić information content (AvgIpc) is 3.13. The van der Waals surface area contributed by atoms with Crippen LogP contribution in [0.15, 0.2) is 63.6 Å². The lowest BCUT2D eigenvalue weighted by atomic mass is 9.92. The maximum Gasteiger partial charge on any atom is 0.249 e. The molecule has 1 aromatic carbocycles. The number of primary amides is 1. The van der Waals surface area contributed by atoms with Crippen molar-refractivity contribution in [3.63, 3.8) is 0 Å². The molecule has 0 saturated carbocycles. The van der Waals surface area contributed by atoms with Crippen LogP contribution in [0.3, 0.4) is 0 Å². The number of hydrogen-bond acceptors (Lipinski definition) is 7. The lowest BCUT2D eigenvalue weighted by Crippen LogP contribution is -2.63. The Bertz CT molecular complexity index is 1290. The van der Waals surface area contributed by atoms with Crippen molar-refractivity contribution in [1.29, 1.82) is 0 Å². The number of carbonyl (C=O) groups is 3. The number of nitrogens with two attached hydrogens (primary N) is 1. The highest BCUT2D eigenvalue weighted by atomic mass is 32.2. The van der Waals surface area contributed by atoms with E-state index in [-0.39, 0.29) is 28.1 Å². The molecule has 0 bridgehead atoms. The highest BCUT2D eigenvalue weighted by Crippen LogP contribution is 2.55. The minimum atomic E-state index is -2.09. The summed E-state index contributed by atoms with van der Waals surface area (Å²) >= 11 is 2.72. The van der Waals surface area contributed by atoms with Crippen molar-refractivity contribution in [2.75, 3.05) is 0 Å². The summed E-state index contributed by atoms with van der Waals surface area (Å²) < 4.78 is 8.96. The van der Waals surface area contributed by atoms with Gasteiger partial charge in [-0.2, -0.15) is 0 Å². The van der Waals surface area contributed by atoms with Gasteiger partial charge >= 0.3 is 0 Å². The van der Waals surface area contributed by atoms with E-state index in [0.29, 0.717) is 16.3 Å². The van der Waals surface area contributed by atoms with Crippen LogP contribution >= 0.6 is 23.5 Å². The smallest absolute Gasteiger partial charge is 0.249 e. The Morgan fingerprint density at radius 3 is 2.32 bits per heavy atom. The van der Waals surface area contributed by atoms with Crippen LogP contribution in [0.2, 0.25) is 18.1 Å². The van der Waals surface area contributed by atoms with Crippen LogP contribution in [0.25, 0.3) is 0 Å². The van der Waals surface area contributed by atoms with Crippen LogP contribution in [0.5, 0.6) is 0 Å². The van der Waals surface area contributed by atoms with Gasteiger partial charge in [-0.05, 0) is 37.2 Å². The summed E-state index contributed by atoms with van der Waals surface area (Å²) in [6, 6.07) is 11.1. The second kappa shape index (κ2) is 10.5. The first kappa shape index (κ1) is 28.4. The Morgan fingerprint density at radius 1 is 1.18 bits per heavy atom. The molecule has 1 fully saturated rings. The molecule has 38 heavy (non-hydrogen) atoms. The van der Waals surface area contributed by atoms with E-state index in [9.17, 15) is 19.5 Å². The van der Waals surface area contributed by atoms with Gasteiger partial charge in [0.15, 0.2) is 27.3 Å². The third kappa shape index (κ3) is 5.56. The number of amides is 2. The lowest BCUT2D eigenvalue weighted by Gasteiger charge is -2.48. The molecule has 3 heterocycles. The van der Waals surface area contributed by atoms with E-state index >= 15 is 0 Å². The highest BCUT2D eigenvalue weighted by molar-refractivity contribution is 8.22. The number of fused-ring (bicyclic) bond motifs is 1. The molecule has 8 nitrogen and oxygen atoms in total. The number of aliphatic carboxylic acids is 1. The zero-order valence-corrected chi connectivity index (χ0v) is 25.0. The maximum atomic E-state index is 13.1. The average molecular weight is 572 g/mol. The molecule has 2 amide bonds. The Labute approximate surface area is 232 Å². The summed E-state index contributed by atoms with van der Waals surface area (Å²) in [5, 5.41) is 11.7. The maximum absolute atomic E-state index is 13.1. The van der Waals surface area contributed by atoms with E-state index in [2.05, 4.69) is 33.9 Å². The van der Waals surface area contributed by atoms with Crippen LogP contribution in [0.4, 0.5) is 0 Å². The summed E-state index contributed by atoms with van der Waals surface area (Å²) in [7, 11) is -2.09. The van der Waals surface area contributed by atoms with Gasteiger partial charge in [0.2, 0.25) is 11.8 Å². The number of nitrogens with zero attached hydrogens (tertiary/aromatic N) is 2. The highest BCUT2D eigenvalue weighted by Gasteiger charge is 2.58. The second-order valence-corrected chi connectivity index (χ2v) is 18.3. The quantitative estimate of drug-likeness (QED) is 0.279. The molecule has 0 unspecified atom stereocenters. The molecule has 1 aromatic heterocycles. The SMILES string of the molecule is C[C@@H](O[Si](C)(C)C(C)(C)C)[C@H]1C(=O)N2C(C(=O)[O-])=C(Sc3ccc(C[n+]4ccc(C(N)=O)cc4)cc3)S[C@H]12. The van der Waals surface area contributed by atoms with Crippen molar-refractivity contribution in [3.8, 4) is 0 Å². The first-order chi connectivity index (χ1) is 17.7. The standard InChI is InChI=1S/C27H33N3O5S2Si/c1-16(35-38(5,6)27(2,3)4)20-23(32)30-21(25(33)34)26(37-24(20)30)36-19-9-7-17(8-10-19)15-29-13-11-18(12-14-29)22(28)31/h7-14,16,20,24H,15H2,1-6H3,(H2-,28,31,33,34)/t16-,20+,24-/m1/s1. The lowest BCUT2D eigenvalue weighted by molar-refractivity contribution is -0.688. The summed E-state index contributed by atoms with van der Waals surface area (Å²) in [4.78, 5) is 38.6. The second-order valence-electron chi connectivity index (χ2n) is 11.1. The molecule has 0 radical (unpaired) electrons. The molecule has 2 aromatic rings. The van der Waals surface area contributed by atoms with Crippen molar-refractivity contribution >= 4 is 49.6 Å². The van der Waals surface area contributed by atoms with Gasteiger partial charge in [-0.25, -0.2) is 4.57 Å². The summed E-state index contributed by atoms with van der Waals surface area (Å²) in [6.45, 7) is 13.3. The van der Waals surface area contributed by atoms with Crippen LogP contribution < -0.4 is 15.4 Å².